The molecular weight excluding hydrogens is 264 g/mol. The van der Waals surface area contributed by atoms with Crippen molar-refractivity contribution in [2.75, 3.05) is 5.32 Å². The smallest absolute Gasteiger partial charge is 0.258 e. The van der Waals surface area contributed by atoms with Crippen LogP contribution >= 0.6 is 11.6 Å². The van der Waals surface area contributed by atoms with Crippen molar-refractivity contribution < 1.29 is 4.79 Å². The zero-order valence-electron chi connectivity index (χ0n) is 9.72. The minimum atomic E-state index is -0.243. The number of fused-ring (bicyclic) bond motifs is 1. The predicted molar refractivity (Wildman–Crippen MR) is 73.3 cm³/mol. The van der Waals surface area contributed by atoms with Gasteiger partial charge in [0.2, 0.25) is 5.28 Å². The van der Waals surface area contributed by atoms with E-state index >= 15 is 0 Å². The van der Waals surface area contributed by atoms with E-state index in [4.69, 9.17) is 11.6 Å². The zero-order valence-corrected chi connectivity index (χ0v) is 10.5. The fraction of sp³-hybridized carbons (Fsp3) is 0. The summed E-state index contributed by atoms with van der Waals surface area (Å²) in [6, 6.07) is 9.17. The van der Waals surface area contributed by atoms with Crippen LogP contribution in [0.25, 0.3) is 10.9 Å². The quantitative estimate of drug-likeness (QED) is 0.705. The van der Waals surface area contributed by atoms with Crippen LogP contribution in [-0.2, 0) is 0 Å². The molecule has 0 bridgehead atoms. The molecule has 3 rings (SSSR count). The van der Waals surface area contributed by atoms with Crippen LogP contribution in [0.3, 0.4) is 0 Å². The van der Waals surface area contributed by atoms with E-state index in [9.17, 15) is 4.79 Å². The highest BCUT2D eigenvalue weighted by Gasteiger charge is 2.12. The predicted octanol–water partition coefficient (Wildman–Crippen LogP) is 2.86. The van der Waals surface area contributed by atoms with Gasteiger partial charge in [-0.2, -0.15) is 0 Å². The van der Waals surface area contributed by atoms with E-state index in [1.165, 1.54) is 6.20 Å². The van der Waals surface area contributed by atoms with Crippen LogP contribution in [0.5, 0.6) is 0 Å². The number of amides is 1. The molecule has 94 valence electrons. The first kappa shape index (κ1) is 11.7. The summed E-state index contributed by atoms with van der Waals surface area (Å²) < 4.78 is 0. The lowest BCUT2D eigenvalue weighted by atomic mass is 10.1. The lowest BCUT2D eigenvalue weighted by molar-refractivity contribution is 0.102. The van der Waals surface area contributed by atoms with Crippen molar-refractivity contribution in [2.45, 2.75) is 0 Å². The first-order valence-electron chi connectivity index (χ1n) is 5.60. The average Bonchev–Trinajstić information content (AvgIpc) is 2.82. The third kappa shape index (κ3) is 2.28. The van der Waals surface area contributed by atoms with Crippen molar-refractivity contribution in [3.63, 3.8) is 0 Å². The molecule has 19 heavy (non-hydrogen) atoms. The van der Waals surface area contributed by atoms with E-state index in [0.717, 1.165) is 10.9 Å². The molecule has 3 aromatic rings. The average molecular weight is 273 g/mol. The first-order chi connectivity index (χ1) is 9.24. The van der Waals surface area contributed by atoms with Gasteiger partial charge in [-0.3, -0.25) is 4.79 Å². The van der Waals surface area contributed by atoms with Crippen LogP contribution in [0, 0.1) is 0 Å². The standard InChI is InChI=1S/C13H9ClN4O/c14-13-15-6-5-11(18-13)17-12(19)9-7-16-10-4-2-1-3-8(9)10/h1-7,16H,(H,15,17,18,19). The summed E-state index contributed by atoms with van der Waals surface area (Å²) >= 11 is 5.67. The Morgan fingerprint density at radius 3 is 2.95 bits per heavy atom. The number of rotatable bonds is 2. The molecule has 0 aliphatic rings. The van der Waals surface area contributed by atoms with E-state index in [1.54, 1.807) is 12.3 Å². The van der Waals surface area contributed by atoms with Gasteiger partial charge in [0.05, 0.1) is 5.56 Å². The molecule has 0 spiro atoms. The third-order valence-electron chi connectivity index (χ3n) is 2.70. The summed E-state index contributed by atoms with van der Waals surface area (Å²) in [7, 11) is 0. The number of hydrogen-bond acceptors (Lipinski definition) is 3. The number of aromatic amines is 1. The normalized spacial score (nSPS) is 10.6. The van der Waals surface area contributed by atoms with Gasteiger partial charge in [-0.15, -0.1) is 0 Å². The van der Waals surface area contributed by atoms with Crippen LogP contribution < -0.4 is 5.32 Å². The first-order valence-corrected chi connectivity index (χ1v) is 5.98. The molecule has 2 N–H and O–H groups in total. The monoisotopic (exact) mass is 272 g/mol. The van der Waals surface area contributed by atoms with Gasteiger partial charge in [-0.25, -0.2) is 9.97 Å². The summed E-state index contributed by atoms with van der Waals surface area (Å²) in [6.07, 6.45) is 3.16. The van der Waals surface area contributed by atoms with Gasteiger partial charge in [0.25, 0.3) is 5.91 Å². The van der Waals surface area contributed by atoms with E-state index in [-0.39, 0.29) is 11.2 Å². The molecule has 1 aromatic carbocycles. The van der Waals surface area contributed by atoms with Gasteiger partial charge in [-0.1, -0.05) is 18.2 Å². The van der Waals surface area contributed by atoms with Gasteiger partial charge in [0.1, 0.15) is 5.82 Å². The van der Waals surface area contributed by atoms with Crippen molar-refractivity contribution >= 4 is 34.2 Å². The Morgan fingerprint density at radius 2 is 2.11 bits per heavy atom. The van der Waals surface area contributed by atoms with E-state index in [2.05, 4.69) is 20.3 Å². The summed E-state index contributed by atoms with van der Waals surface area (Å²) in [5.41, 5.74) is 1.47. The fourth-order valence-corrected chi connectivity index (χ4v) is 1.99. The number of carbonyl (C=O) groups excluding carboxylic acids is 1. The molecule has 0 aliphatic heterocycles. The lowest BCUT2D eigenvalue weighted by Crippen LogP contribution is -2.12. The molecule has 1 amide bonds. The van der Waals surface area contributed by atoms with Crippen LogP contribution in [0.15, 0.2) is 42.7 Å². The van der Waals surface area contributed by atoms with Gasteiger partial charge < -0.3 is 10.3 Å². The second-order valence-corrected chi connectivity index (χ2v) is 4.25. The highest BCUT2D eigenvalue weighted by Crippen LogP contribution is 2.18. The molecule has 2 heterocycles. The molecule has 0 saturated carbocycles. The number of carbonyl (C=O) groups is 1. The van der Waals surface area contributed by atoms with E-state index in [0.29, 0.717) is 11.4 Å². The number of H-pyrrole nitrogens is 1. The van der Waals surface area contributed by atoms with Gasteiger partial charge in [-0.05, 0) is 23.7 Å². The maximum Gasteiger partial charge on any atom is 0.258 e. The minimum Gasteiger partial charge on any atom is -0.360 e. The van der Waals surface area contributed by atoms with Crippen molar-refractivity contribution in [1.82, 2.24) is 15.0 Å². The number of nitrogens with zero attached hydrogens (tertiary/aromatic N) is 2. The highest BCUT2D eigenvalue weighted by molar-refractivity contribution is 6.28. The van der Waals surface area contributed by atoms with Crippen LogP contribution in [0.1, 0.15) is 10.4 Å². The van der Waals surface area contributed by atoms with Crippen molar-refractivity contribution in [1.29, 1.82) is 0 Å². The number of nitrogens with one attached hydrogen (secondary N) is 2. The van der Waals surface area contributed by atoms with E-state index < -0.39 is 0 Å². The second-order valence-electron chi connectivity index (χ2n) is 3.91. The zero-order chi connectivity index (χ0) is 13.2. The van der Waals surface area contributed by atoms with Crippen LogP contribution in [0.2, 0.25) is 5.28 Å². The van der Waals surface area contributed by atoms with E-state index in [1.807, 2.05) is 24.3 Å². The number of anilines is 1. The van der Waals surface area contributed by atoms with Crippen molar-refractivity contribution in [3.05, 3.63) is 53.6 Å². The van der Waals surface area contributed by atoms with Crippen molar-refractivity contribution in [2.24, 2.45) is 0 Å². The Hall–Kier alpha value is -2.40. The number of benzene rings is 1. The SMILES string of the molecule is O=C(Nc1ccnc(Cl)n1)c1c[nH]c2ccccc12. The van der Waals surface area contributed by atoms with Crippen molar-refractivity contribution in [3.8, 4) is 0 Å². The molecule has 0 atom stereocenters. The number of para-hydroxylation sites is 1. The maximum atomic E-state index is 12.2. The highest BCUT2D eigenvalue weighted by atomic mass is 35.5. The summed E-state index contributed by atoms with van der Waals surface area (Å²) in [5, 5.41) is 3.64. The Morgan fingerprint density at radius 1 is 1.26 bits per heavy atom. The Kier molecular flexibility index (Phi) is 2.89. The summed E-state index contributed by atoms with van der Waals surface area (Å²) in [5.74, 6) is 0.127. The molecule has 0 aliphatic carbocycles. The maximum absolute atomic E-state index is 12.2. The molecule has 0 unspecified atom stereocenters. The molecule has 5 nitrogen and oxygen atoms in total. The van der Waals surface area contributed by atoms with Crippen LogP contribution in [0.4, 0.5) is 5.82 Å². The summed E-state index contributed by atoms with van der Waals surface area (Å²) in [6.45, 7) is 0. The van der Waals surface area contributed by atoms with Gasteiger partial charge in [0.15, 0.2) is 0 Å². The Balaban J connectivity index is 1.92. The Labute approximate surface area is 113 Å². The molecule has 0 radical (unpaired) electrons. The third-order valence-corrected chi connectivity index (χ3v) is 2.88. The number of hydrogen-bond donors (Lipinski definition) is 2. The topological polar surface area (TPSA) is 70.7 Å². The Bertz CT molecular complexity index is 753. The minimum absolute atomic E-state index is 0.0942. The van der Waals surface area contributed by atoms with Gasteiger partial charge in [0, 0.05) is 23.3 Å². The summed E-state index contributed by atoms with van der Waals surface area (Å²) in [4.78, 5) is 22.9. The van der Waals surface area contributed by atoms with Gasteiger partial charge >= 0.3 is 0 Å². The fourth-order valence-electron chi connectivity index (χ4n) is 1.85. The lowest BCUT2D eigenvalue weighted by Gasteiger charge is -2.03. The molecular formula is C13H9ClN4O. The second kappa shape index (κ2) is 4.70. The largest absolute Gasteiger partial charge is 0.360 e. The molecule has 0 fully saturated rings. The number of halogens is 1. The molecule has 6 heteroatoms. The molecule has 0 saturated heterocycles. The molecule has 2 aromatic heterocycles. The number of aromatic nitrogens is 3. The van der Waals surface area contributed by atoms with Crippen LogP contribution in [-0.4, -0.2) is 20.9 Å².